The van der Waals surface area contributed by atoms with Gasteiger partial charge in [0, 0.05) is 0 Å². The molecule has 0 aromatic carbocycles. The summed E-state index contributed by atoms with van der Waals surface area (Å²) in [5.74, 6) is 7.29. The Bertz CT molecular complexity index is 1100. The first-order valence-corrected chi connectivity index (χ1v) is 14.3. The van der Waals surface area contributed by atoms with Gasteiger partial charge in [-0.25, -0.2) is 0 Å². The third-order valence-electron chi connectivity index (χ3n) is 4.73. The van der Waals surface area contributed by atoms with Crippen molar-refractivity contribution in [3.05, 3.63) is 45.7 Å². The third kappa shape index (κ3) is 5.33. The first kappa shape index (κ1) is 21.6. The molecule has 0 bridgehead atoms. The van der Waals surface area contributed by atoms with E-state index in [0.29, 0.717) is 45.8 Å². The Labute approximate surface area is 194 Å². The average Bonchev–Trinajstić information content (AvgIpc) is 3.49. The van der Waals surface area contributed by atoms with Crippen molar-refractivity contribution in [1.29, 1.82) is 0 Å². The molecule has 151 valence electrons. The molecule has 0 saturated heterocycles. The van der Waals surface area contributed by atoms with Gasteiger partial charge < -0.3 is 0 Å². The van der Waals surface area contributed by atoms with Gasteiger partial charge in [-0.15, -0.1) is 0 Å². The molecule has 0 aliphatic heterocycles. The van der Waals surface area contributed by atoms with E-state index in [1.165, 1.54) is 11.3 Å². The monoisotopic (exact) mass is 542 g/mol. The Morgan fingerprint density at radius 2 is 2.23 bits per heavy atom. The Kier molecular flexibility index (Phi) is 6.94. The number of aliphatic hydroxyl groups excluding tert-OH is 1. The summed E-state index contributed by atoms with van der Waals surface area (Å²) in [5.41, 5.74) is 2.08. The van der Waals surface area contributed by atoms with Crippen LogP contribution in [0.5, 0.6) is 5.75 Å². The summed E-state index contributed by atoms with van der Waals surface area (Å²) in [6, 6.07) is 1.70. The fourth-order valence-electron chi connectivity index (χ4n) is 3.07. The molecule has 1 radical (unpaired) electrons. The molecule has 1 unspecified atom stereocenters. The summed E-state index contributed by atoms with van der Waals surface area (Å²) in [5, 5.41) is 20.5. The topological polar surface area (TPSA) is 85.2 Å². The van der Waals surface area contributed by atoms with Gasteiger partial charge in [0.2, 0.25) is 0 Å². The van der Waals surface area contributed by atoms with Crippen molar-refractivity contribution in [3.8, 4) is 17.6 Å². The van der Waals surface area contributed by atoms with Crippen LogP contribution in [0.25, 0.3) is 5.57 Å². The SMILES string of the molecule is COc1cnc(Cl)cc1C1=CCCC(=O)C=C1[CH](O)[In][c]1nnc(C#CC2CC2)s1. The van der Waals surface area contributed by atoms with Crippen LogP contribution in [0.15, 0.2) is 30.0 Å². The molecule has 0 amide bonds. The van der Waals surface area contributed by atoms with Gasteiger partial charge in [-0.1, -0.05) is 0 Å². The van der Waals surface area contributed by atoms with Crippen LogP contribution in [-0.4, -0.2) is 59.9 Å². The van der Waals surface area contributed by atoms with Gasteiger partial charge >= 0.3 is 196 Å². The number of hydrogen-bond donors (Lipinski definition) is 1. The van der Waals surface area contributed by atoms with Gasteiger partial charge in [-0.3, -0.25) is 0 Å². The zero-order valence-electron chi connectivity index (χ0n) is 16.3. The van der Waals surface area contributed by atoms with Crippen molar-refractivity contribution in [3.63, 3.8) is 0 Å². The van der Waals surface area contributed by atoms with Gasteiger partial charge in [-0.05, 0) is 0 Å². The molecule has 6 nitrogen and oxygen atoms in total. The maximum absolute atomic E-state index is 12.3. The van der Waals surface area contributed by atoms with E-state index in [0.717, 1.165) is 21.2 Å². The number of rotatable bonds is 5. The molecule has 1 fully saturated rings. The third-order valence-corrected chi connectivity index (χ3v) is 10.6. The van der Waals surface area contributed by atoms with Gasteiger partial charge in [-0.2, -0.15) is 0 Å². The number of nitrogens with zero attached hydrogens (tertiary/aromatic N) is 3. The number of carbonyl (C=O) groups is 1. The van der Waals surface area contributed by atoms with E-state index in [2.05, 4.69) is 27.0 Å². The van der Waals surface area contributed by atoms with Gasteiger partial charge in [0.1, 0.15) is 0 Å². The number of allylic oxidation sites excluding steroid dienone is 2. The van der Waals surface area contributed by atoms with Gasteiger partial charge in [0.05, 0.1) is 0 Å². The number of methoxy groups -OCH3 is 1. The molecule has 2 aliphatic carbocycles. The molecular formula is C21H18ClInN3O3S. The first-order valence-electron chi connectivity index (χ1n) is 9.56. The number of pyridine rings is 1. The summed E-state index contributed by atoms with van der Waals surface area (Å²) >= 11 is 5.77. The predicted molar refractivity (Wildman–Crippen MR) is 117 cm³/mol. The second-order valence-electron chi connectivity index (χ2n) is 7.03. The maximum atomic E-state index is 12.3. The van der Waals surface area contributed by atoms with Crippen LogP contribution in [0.1, 0.15) is 36.3 Å². The molecule has 9 heteroatoms. The summed E-state index contributed by atoms with van der Waals surface area (Å²) in [6.07, 6.45) is 8.36. The number of aliphatic hydroxyl groups is 1. The van der Waals surface area contributed by atoms with Crippen LogP contribution in [0.2, 0.25) is 5.15 Å². The summed E-state index contributed by atoms with van der Waals surface area (Å²) in [7, 11) is 1.56. The standard InChI is InChI=1S/C14H13ClNO3.C7H5N2S.In/c1-19-13-7-16-14(15)6-12(13)11-4-2-3-10(18)5-9(11)8-17;1-2-6(1)3-4-7-9-8-5-10-7;/h4-8,17H,2-3H2,1H3;6H,1-2H2;. The van der Waals surface area contributed by atoms with E-state index in [-0.39, 0.29) is 5.78 Å². The van der Waals surface area contributed by atoms with E-state index in [1.54, 1.807) is 25.4 Å². The molecule has 1 atom stereocenters. The first-order chi connectivity index (χ1) is 14.5. The number of ketones is 1. The van der Waals surface area contributed by atoms with E-state index < -0.39 is 26.8 Å². The molecule has 2 aliphatic rings. The minimum absolute atomic E-state index is 0.00879. The number of halogens is 1. The Morgan fingerprint density at radius 1 is 1.40 bits per heavy atom. The Morgan fingerprint density at radius 3 is 3.00 bits per heavy atom. The fraction of sp³-hybridized carbons (Fsp3) is 0.333. The molecule has 0 spiro atoms. The molecule has 1 N–H and O–H groups in total. The summed E-state index contributed by atoms with van der Waals surface area (Å²) in [4.78, 5) is 16.4. The molecular weight excluding hydrogens is 525 g/mol. The average molecular weight is 543 g/mol. The van der Waals surface area contributed by atoms with Crippen molar-refractivity contribution in [1.82, 2.24) is 15.2 Å². The quantitative estimate of drug-likeness (QED) is 0.461. The van der Waals surface area contributed by atoms with E-state index in [9.17, 15) is 9.90 Å². The zero-order chi connectivity index (χ0) is 21.1. The van der Waals surface area contributed by atoms with Crippen molar-refractivity contribution in [2.24, 2.45) is 5.92 Å². The van der Waals surface area contributed by atoms with E-state index >= 15 is 0 Å². The van der Waals surface area contributed by atoms with Crippen LogP contribution in [-0.2, 0) is 4.79 Å². The number of carbonyl (C=O) groups excluding carboxylic acids is 1. The summed E-state index contributed by atoms with van der Waals surface area (Å²) < 4.78 is 5.55. The van der Waals surface area contributed by atoms with Gasteiger partial charge in [0.25, 0.3) is 0 Å². The van der Waals surface area contributed by atoms with Crippen LogP contribution in [0.4, 0.5) is 0 Å². The predicted octanol–water partition coefficient (Wildman–Crippen LogP) is 2.38. The Hall–Kier alpha value is -1.66. The zero-order valence-corrected chi connectivity index (χ0v) is 21.1. The van der Waals surface area contributed by atoms with Gasteiger partial charge in [0.15, 0.2) is 0 Å². The molecule has 4 rings (SSSR count). The van der Waals surface area contributed by atoms with Crippen molar-refractivity contribution >= 4 is 60.0 Å². The van der Waals surface area contributed by atoms with E-state index in [4.69, 9.17) is 16.3 Å². The number of hydrogen-bond acceptors (Lipinski definition) is 7. The molecule has 2 aromatic heterocycles. The van der Waals surface area contributed by atoms with E-state index in [1.807, 2.05) is 6.08 Å². The molecule has 30 heavy (non-hydrogen) atoms. The molecule has 2 heterocycles. The van der Waals surface area contributed by atoms with Crippen molar-refractivity contribution in [2.45, 2.75) is 29.5 Å². The fourth-order valence-corrected chi connectivity index (χ4v) is 8.60. The van der Waals surface area contributed by atoms with Crippen LogP contribution in [0, 0.1) is 17.8 Å². The second kappa shape index (κ2) is 9.65. The molecule has 1 saturated carbocycles. The Balaban J connectivity index is 1.62. The number of aromatic nitrogens is 3. The van der Waals surface area contributed by atoms with Crippen LogP contribution >= 0.6 is 22.9 Å². The van der Waals surface area contributed by atoms with Crippen LogP contribution in [0.3, 0.4) is 0 Å². The van der Waals surface area contributed by atoms with Crippen LogP contribution < -0.4 is 7.50 Å². The number of ether oxygens (including phenoxy) is 1. The second-order valence-corrected chi connectivity index (χ2v) is 13.9. The summed E-state index contributed by atoms with van der Waals surface area (Å²) in [6.45, 7) is 0. The van der Waals surface area contributed by atoms with Crippen molar-refractivity contribution in [2.75, 3.05) is 7.11 Å². The molecule has 2 aromatic rings. The normalized spacial score (nSPS) is 17.2. The minimum atomic E-state index is -1.80. The van der Waals surface area contributed by atoms with Crippen molar-refractivity contribution < 1.29 is 14.6 Å².